The summed E-state index contributed by atoms with van der Waals surface area (Å²) in [5.41, 5.74) is 6.19. The van der Waals surface area contributed by atoms with E-state index in [-0.39, 0.29) is 0 Å². The van der Waals surface area contributed by atoms with E-state index in [1.54, 1.807) is 6.07 Å². The lowest BCUT2D eigenvalue weighted by molar-refractivity contribution is -0.139. The molecule has 0 aliphatic rings. The van der Waals surface area contributed by atoms with Crippen LogP contribution in [-0.2, 0) is 4.79 Å². The van der Waals surface area contributed by atoms with E-state index in [0.29, 0.717) is 15.8 Å². The van der Waals surface area contributed by atoms with E-state index in [2.05, 4.69) is 0 Å². The molecule has 36 heavy (non-hydrogen) atoms. The number of halogens is 2. The lowest BCUT2D eigenvalue weighted by atomic mass is 9.97. The number of hydrogen-bond donors (Lipinski definition) is 1. The quantitative estimate of drug-likeness (QED) is 0.242. The molecular formula is C29H20Cl2N2O3. The van der Waals surface area contributed by atoms with Crippen molar-refractivity contribution >= 4 is 29.2 Å². The molecule has 0 bridgehead atoms. The first-order chi connectivity index (χ1) is 17.5. The molecule has 0 amide bonds. The molecule has 0 unspecified atom stereocenters. The molecule has 5 nitrogen and oxygen atoms in total. The lowest BCUT2D eigenvalue weighted by Crippen LogP contribution is -2.09. The van der Waals surface area contributed by atoms with Gasteiger partial charge in [-0.3, -0.25) is 0 Å². The molecule has 0 aliphatic heterocycles. The minimum Gasteiger partial charge on any atom is -0.482 e. The zero-order chi connectivity index (χ0) is 25.1. The fourth-order valence-electron chi connectivity index (χ4n) is 4.00. The Labute approximate surface area is 218 Å². The smallest absolute Gasteiger partial charge is 0.341 e. The van der Waals surface area contributed by atoms with E-state index < -0.39 is 12.6 Å². The molecule has 0 spiro atoms. The molecular weight excluding hydrogens is 495 g/mol. The number of carboxylic acid groups (broad SMARTS) is 1. The number of hydrogen-bond acceptors (Lipinski definition) is 3. The van der Waals surface area contributed by atoms with E-state index in [4.69, 9.17) is 38.1 Å². The van der Waals surface area contributed by atoms with Crippen molar-refractivity contribution in [1.82, 2.24) is 9.78 Å². The number of carboxylic acids is 1. The van der Waals surface area contributed by atoms with Crippen LogP contribution in [0.5, 0.6) is 5.75 Å². The predicted molar refractivity (Wildman–Crippen MR) is 143 cm³/mol. The highest BCUT2D eigenvalue weighted by Crippen LogP contribution is 2.36. The highest BCUT2D eigenvalue weighted by Gasteiger charge is 2.17. The zero-order valence-electron chi connectivity index (χ0n) is 18.9. The van der Waals surface area contributed by atoms with Crippen LogP contribution in [0.1, 0.15) is 0 Å². The van der Waals surface area contributed by atoms with Gasteiger partial charge in [-0.05, 0) is 65.7 Å². The number of benzene rings is 4. The third-order valence-corrected chi connectivity index (χ3v) is 6.10. The van der Waals surface area contributed by atoms with Crippen molar-refractivity contribution in [3.05, 3.63) is 113 Å². The van der Waals surface area contributed by atoms with E-state index in [1.165, 1.54) is 0 Å². The van der Waals surface area contributed by atoms with E-state index in [1.807, 2.05) is 102 Å². The molecule has 0 fully saturated rings. The van der Waals surface area contributed by atoms with Gasteiger partial charge >= 0.3 is 5.97 Å². The van der Waals surface area contributed by atoms with Crippen LogP contribution in [0.25, 0.3) is 39.3 Å². The molecule has 0 radical (unpaired) electrons. The van der Waals surface area contributed by atoms with E-state index in [0.717, 1.165) is 39.3 Å². The van der Waals surface area contributed by atoms with E-state index >= 15 is 0 Å². The molecule has 1 N–H and O–H groups in total. The number of aromatic nitrogens is 2. The molecule has 5 rings (SSSR count). The Bertz CT molecular complexity index is 1540. The summed E-state index contributed by atoms with van der Waals surface area (Å²) in [6.45, 7) is -0.403. The second-order valence-electron chi connectivity index (χ2n) is 8.07. The van der Waals surface area contributed by atoms with Gasteiger partial charge in [0.25, 0.3) is 0 Å². The van der Waals surface area contributed by atoms with Gasteiger partial charge in [0, 0.05) is 21.2 Å². The Balaban J connectivity index is 1.63. The minimum absolute atomic E-state index is 0.403. The lowest BCUT2D eigenvalue weighted by Gasteiger charge is -2.10. The van der Waals surface area contributed by atoms with Gasteiger partial charge in [0.2, 0.25) is 0 Å². The van der Waals surface area contributed by atoms with Gasteiger partial charge in [-0.2, -0.15) is 5.10 Å². The maximum Gasteiger partial charge on any atom is 0.341 e. The Kier molecular flexibility index (Phi) is 6.76. The topological polar surface area (TPSA) is 64.3 Å². The van der Waals surface area contributed by atoms with Crippen LogP contribution in [0.2, 0.25) is 10.0 Å². The van der Waals surface area contributed by atoms with Crippen LogP contribution in [0.15, 0.2) is 103 Å². The van der Waals surface area contributed by atoms with Crippen molar-refractivity contribution < 1.29 is 14.6 Å². The third-order valence-electron chi connectivity index (χ3n) is 5.61. The van der Waals surface area contributed by atoms with Crippen molar-refractivity contribution in [2.24, 2.45) is 0 Å². The summed E-state index contributed by atoms with van der Waals surface area (Å²) in [5.74, 6) is -0.543. The van der Waals surface area contributed by atoms with Crippen LogP contribution >= 0.6 is 23.2 Å². The summed E-state index contributed by atoms with van der Waals surface area (Å²) >= 11 is 12.4. The number of nitrogens with zero attached hydrogens (tertiary/aromatic N) is 2. The standard InChI is InChI=1S/C29H20Cl2N2O3/c30-21-11-13-23(14-12-21)33-28(20-6-3-7-22(31)15-20)17-27(32-33)26-10-2-1-9-25(26)19-5-4-8-24(16-19)36-18-29(34)35/h1-17H,18H2,(H,34,35). The average molecular weight is 515 g/mol. The van der Waals surface area contributed by atoms with Crippen LogP contribution in [-0.4, -0.2) is 27.5 Å². The largest absolute Gasteiger partial charge is 0.482 e. The van der Waals surface area contributed by atoms with Gasteiger partial charge in [0.15, 0.2) is 6.61 Å². The summed E-state index contributed by atoms with van der Waals surface area (Å²) < 4.78 is 7.27. The average Bonchev–Trinajstić information content (AvgIpc) is 3.33. The normalized spacial score (nSPS) is 10.8. The highest BCUT2D eigenvalue weighted by atomic mass is 35.5. The second kappa shape index (κ2) is 10.3. The summed E-state index contributed by atoms with van der Waals surface area (Å²) in [5, 5.41) is 15.2. The number of carbonyl (C=O) groups is 1. The minimum atomic E-state index is -1.03. The van der Waals surface area contributed by atoms with Gasteiger partial charge in [0.1, 0.15) is 5.75 Å². The van der Waals surface area contributed by atoms with Crippen LogP contribution in [0.3, 0.4) is 0 Å². The molecule has 1 aromatic heterocycles. The Morgan fingerprint density at radius 2 is 1.50 bits per heavy atom. The number of rotatable bonds is 7. The Hall–Kier alpha value is -4.06. The van der Waals surface area contributed by atoms with Crippen molar-refractivity contribution in [3.63, 3.8) is 0 Å². The zero-order valence-corrected chi connectivity index (χ0v) is 20.4. The molecule has 0 saturated carbocycles. The van der Waals surface area contributed by atoms with Crippen molar-refractivity contribution in [1.29, 1.82) is 0 Å². The maximum absolute atomic E-state index is 10.9. The van der Waals surface area contributed by atoms with Crippen LogP contribution in [0.4, 0.5) is 0 Å². The molecule has 5 aromatic rings. The van der Waals surface area contributed by atoms with Gasteiger partial charge < -0.3 is 9.84 Å². The first-order valence-electron chi connectivity index (χ1n) is 11.1. The van der Waals surface area contributed by atoms with Gasteiger partial charge in [-0.1, -0.05) is 71.7 Å². The van der Waals surface area contributed by atoms with Gasteiger partial charge in [0.05, 0.1) is 17.1 Å². The second-order valence-corrected chi connectivity index (χ2v) is 8.94. The maximum atomic E-state index is 10.9. The monoisotopic (exact) mass is 514 g/mol. The predicted octanol–water partition coefficient (Wildman–Crippen LogP) is 7.64. The first kappa shape index (κ1) is 23.7. The molecule has 0 atom stereocenters. The van der Waals surface area contributed by atoms with E-state index in [9.17, 15) is 4.79 Å². The SMILES string of the molecule is O=C(O)COc1cccc(-c2ccccc2-c2cc(-c3cccc(Cl)c3)n(-c3ccc(Cl)cc3)n2)c1. The van der Waals surface area contributed by atoms with Crippen LogP contribution in [0, 0.1) is 0 Å². The van der Waals surface area contributed by atoms with Gasteiger partial charge in [-0.25, -0.2) is 9.48 Å². The fourth-order valence-corrected chi connectivity index (χ4v) is 4.32. The summed E-state index contributed by atoms with van der Waals surface area (Å²) in [7, 11) is 0. The molecule has 0 saturated heterocycles. The summed E-state index contributed by atoms with van der Waals surface area (Å²) in [6.07, 6.45) is 0. The highest BCUT2D eigenvalue weighted by molar-refractivity contribution is 6.31. The molecule has 178 valence electrons. The summed E-state index contributed by atoms with van der Waals surface area (Å²) in [4.78, 5) is 10.9. The summed E-state index contributed by atoms with van der Waals surface area (Å²) in [6, 6.07) is 32.5. The molecule has 0 aliphatic carbocycles. The van der Waals surface area contributed by atoms with Crippen LogP contribution < -0.4 is 4.74 Å². The van der Waals surface area contributed by atoms with Crippen molar-refractivity contribution in [3.8, 4) is 45.1 Å². The first-order valence-corrected chi connectivity index (χ1v) is 11.9. The van der Waals surface area contributed by atoms with Crippen molar-refractivity contribution in [2.75, 3.05) is 6.61 Å². The third kappa shape index (κ3) is 5.13. The fraction of sp³-hybridized carbons (Fsp3) is 0.0345. The molecule has 4 aromatic carbocycles. The van der Waals surface area contributed by atoms with Crippen molar-refractivity contribution in [2.45, 2.75) is 0 Å². The molecule has 7 heteroatoms. The number of aliphatic carboxylic acids is 1. The number of ether oxygens (including phenoxy) is 1. The molecule has 1 heterocycles. The van der Waals surface area contributed by atoms with Gasteiger partial charge in [-0.15, -0.1) is 0 Å². The Morgan fingerprint density at radius 1 is 0.778 bits per heavy atom. The Morgan fingerprint density at radius 3 is 2.25 bits per heavy atom.